The number of rotatable bonds is 11. The van der Waals surface area contributed by atoms with E-state index in [1.807, 2.05) is 42.6 Å². The Balaban J connectivity index is 1.20. The highest BCUT2D eigenvalue weighted by molar-refractivity contribution is 7.13. The molecule has 6 atom stereocenters. The highest BCUT2D eigenvalue weighted by Gasteiger charge is 2.68. The SMILES string of the molecule is Cc1ccc(C(=O)NC[C@H](NC(=O)c2cccc(-c3cccs3)n2)C(=O)N[C@@H](CC(C)C)B2O[C@@H]3C[C@H]4C[C@H](C4(C)C)[C@]3(C)O2)cc1. The lowest BCUT2D eigenvalue weighted by Crippen LogP contribution is -2.65. The highest BCUT2D eigenvalue weighted by atomic mass is 32.1. The van der Waals surface area contributed by atoms with E-state index in [0.717, 1.165) is 23.3 Å². The van der Waals surface area contributed by atoms with Gasteiger partial charge in [0, 0.05) is 12.1 Å². The topological polar surface area (TPSA) is 119 Å². The third kappa shape index (κ3) is 6.75. The van der Waals surface area contributed by atoms with Gasteiger partial charge in [-0.25, -0.2) is 4.98 Å². The molecule has 3 N–H and O–H groups in total. The average molecular weight is 657 g/mol. The van der Waals surface area contributed by atoms with Gasteiger partial charge in [-0.15, -0.1) is 11.3 Å². The molecule has 3 saturated carbocycles. The van der Waals surface area contributed by atoms with E-state index >= 15 is 0 Å². The van der Waals surface area contributed by atoms with Gasteiger partial charge in [0.25, 0.3) is 11.8 Å². The van der Waals surface area contributed by atoms with Crippen LogP contribution < -0.4 is 16.0 Å². The molecule has 3 aliphatic carbocycles. The first-order valence-electron chi connectivity index (χ1n) is 16.7. The summed E-state index contributed by atoms with van der Waals surface area (Å²) in [5.41, 5.74) is 2.13. The van der Waals surface area contributed by atoms with Crippen molar-refractivity contribution < 1.29 is 23.7 Å². The van der Waals surface area contributed by atoms with Gasteiger partial charge in [-0.2, -0.15) is 0 Å². The monoisotopic (exact) mass is 656 g/mol. The van der Waals surface area contributed by atoms with Gasteiger partial charge in [-0.1, -0.05) is 57.5 Å². The van der Waals surface area contributed by atoms with Crippen molar-refractivity contribution in [3.63, 3.8) is 0 Å². The van der Waals surface area contributed by atoms with Gasteiger partial charge in [0.1, 0.15) is 11.7 Å². The van der Waals surface area contributed by atoms with Crippen LogP contribution in [-0.4, -0.2) is 60.1 Å². The van der Waals surface area contributed by atoms with Crippen LogP contribution in [0.15, 0.2) is 60.0 Å². The predicted molar refractivity (Wildman–Crippen MR) is 184 cm³/mol. The lowest BCUT2D eigenvalue weighted by Gasteiger charge is -2.64. The number of carbonyl (C=O) groups is 3. The van der Waals surface area contributed by atoms with Gasteiger partial charge in [-0.3, -0.25) is 14.4 Å². The van der Waals surface area contributed by atoms with E-state index in [-0.39, 0.29) is 35.6 Å². The van der Waals surface area contributed by atoms with Crippen LogP contribution >= 0.6 is 11.3 Å². The number of hydrogen-bond acceptors (Lipinski definition) is 7. The molecule has 248 valence electrons. The summed E-state index contributed by atoms with van der Waals surface area (Å²) in [5, 5.41) is 10.8. The second-order valence-corrected chi connectivity index (χ2v) is 15.5. The minimum Gasteiger partial charge on any atom is -0.404 e. The number of nitrogens with zero attached hydrogens (tertiary/aromatic N) is 1. The molecule has 0 unspecified atom stereocenters. The number of thiophene rings is 1. The highest BCUT2D eigenvalue weighted by Crippen LogP contribution is 2.65. The second kappa shape index (κ2) is 13.2. The van der Waals surface area contributed by atoms with Crippen LogP contribution in [0.2, 0.25) is 0 Å². The Labute approximate surface area is 281 Å². The number of aromatic nitrogens is 1. The zero-order valence-corrected chi connectivity index (χ0v) is 28.9. The summed E-state index contributed by atoms with van der Waals surface area (Å²) in [6.07, 6.45) is 2.67. The lowest BCUT2D eigenvalue weighted by atomic mass is 9.43. The molecule has 9 nitrogen and oxygen atoms in total. The molecule has 3 amide bonds. The number of pyridine rings is 1. The third-order valence-electron chi connectivity index (χ3n) is 10.5. The van der Waals surface area contributed by atoms with Crippen molar-refractivity contribution in [2.75, 3.05) is 6.54 Å². The first kappa shape index (κ1) is 33.4. The lowest BCUT2D eigenvalue weighted by molar-refractivity contribution is -0.199. The van der Waals surface area contributed by atoms with E-state index < -0.39 is 36.5 Å². The van der Waals surface area contributed by atoms with Gasteiger partial charge >= 0.3 is 7.12 Å². The molecule has 2 aromatic heterocycles. The fraction of sp³-hybridized carbons (Fsp3) is 0.500. The van der Waals surface area contributed by atoms with Gasteiger partial charge in [0.05, 0.1) is 28.2 Å². The number of aryl methyl sites for hydroxylation is 1. The molecule has 1 aliphatic heterocycles. The summed E-state index contributed by atoms with van der Waals surface area (Å²) < 4.78 is 13.3. The Morgan fingerprint density at radius 3 is 2.45 bits per heavy atom. The fourth-order valence-electron chi connectivity index (χ4n) is 7.67. The van der Waals surface area contributed by atoms with Crippen LogP contribution in [0.5, 0.6) is 0 Å². The van der Waals surface area contributed by atoms with Gasteiger partial charge in [-0.05, 0) is 92.0 Å². The van der Waals surface area contributed by atoms with Crippen LogP contribution in [0, 0.1) is 30.1 Å². The molecule has 3 heterocycles. The maximum absolute atomic E-state index is 14.1. The molecule has 1 aromatic carbocycles. The van der Waals surface area contributed by atoms with Crippen LogP contribution in [-0.2, 0) is 14.1 Å². The largest absolute Gasteiger partial charge is 0.481 e. The Morgan fingerprint density at radius 1 is 1.00 bits per heavy atom. The van der Waals surface area contributed by atoms with Crippen molar-refractivity contribution in [2.45, 2.75) is 84.5 Å². The van der Waals surface area contributed by atoms with Gasteiger partial charge in [0.2, 0.25) is 5.91 Å². The first-order chi connectivity index (χ1) is 22.3. The van der Waals surface area contributed by atoms with E-state index in [1.165, 1.54) is 11.3 Å². The average Bonchev–Trinajstić information content (AvgIpc) is 3.70. The van der Waals surface area contributed by atoms with Crippen molar-refractivity contribution in [3.05, 3.63) is 76.8 Å². The molecule has 0 radical (unpaired) electrons. The molecule has 2 bridgehead atoms. The summed E-state index contributed by atoms with van der Waals surface area (Å²) >= 11 is 1.53. The normalized spacial score (nSPS) is 25.3. The van der Waals surface area contributed by atoms with Gasteiger partial charge < -0.3 is 25.3 Å². The van der Waals surface area contributed by atoms with Crippen molar-refractivity contribution in [2.24, 2.45) is 23.2 Å². The Hall–Kier alpha value is -3.54. The van der Waals surface area contributed by atoms with Crippen molar-refractivity contribution in [3.8, 4) is 10.6 Å². The Bertz CT molecular complexity index is 1610. The molecular formula is C36H45BN4O5S. The predicted octanol–water partition coefficient (Wildman–Crippen LogP) is 5.45. The van der Waals surface area contributed by atoms with E-state index in [0.29, 0.717) is 29.5 Å². The van der Waals surface area contributed by atoms with Crippen LogP contribution in [0.4, 0.5) is 0 Å². The van der Waals surface area contributed by atoms with Crippen LogP contribution in [0.3, 0.4) is 0 Å². The molecule has 4 aliphatic rings. The smallest absolute Gasteiger partial charge is 0.404 e. The standard InChI is InChI=1S/C36H45BN4O5S/c1-21(2)17-31(37-45-30-19-24-18-29(35(24,4)5)36(30,6)46-37)41-34(44)27(20-38-32(42)23-14-12-22(3)13-15-23)40-33(43)26-10-7-9-25(39-26)28-11-8-16-47-28/h7-16,21,24,27,29-31H,17-20H2,1-6H3,(H,38,42)(H,40,43)(H,41,44)/t24-,27+,29-,30-,31+,36+/m1/s1. The maximum atomic E-state index is 14.1. The van der Waals surface area contributed by atoms with E-state index in [9.17, 15) is 14.4 Å². The summed E-state index contributed by atoms with van der Waals surface area (Å²) in [6, 6.07) is 15.2. The molecule has 1 saturated heterocycles. The first-order valence-corrected chi connectivity index (χ1v) is 17.5. The Kier molecular flexibility index (Phi) is 9.35. The molecule has 7 rings (SSSR count). The van der Waals surface area contributed by atoms with Gasteiger partial charge in [0.15, 0.2) is 0 Å². The molecule has 4 fully saturated rings. The minimum absolute atomic E-state index is 0.0261. The summed E-state index contributed by atoms with van der Waals surface area (Å²) in [4.78, 5) is 46.2. The second-order valence-electron chi connectivity index (χ2n) is 14.6. The number of carbonyl (C=O) groups excluding carboxylic acids is 3. The van der Waals surface area contributed by atoms with Crippen LogP contribution in [0.25, 0.3) is 10.6 Å². The number of hydrogen-bond donors (Lipinski definition) is 3. The third-order valence-corrected chi connectivity index (χ3v) is 11.4. The Morgan fingerprint density at radius 2 is 1.77 bits per heavy atom. The van der Waals surface area contributed by atoms with Crippen LogP contribution in [0.1, 0.15) is 80.3 Å². The zero-order chi connectivity index (χ0) is 33.5. The zero-order valence-electron chi connectivity index (χ0n) is 28.0. The molecule has 0 spiro atoms. The van der Waals surface area contributed by atoms with Crippen molar-refractivity contribution in [1.82, 2.24) is 20.9 Å². The van der Waals surface area contributed by atoms with E-state index in [1.54, 1.807) is 24.3 Å². The van der Waals surface area contributed by atoms with E-state index in [4.69, 9.17) is 9.31 Å². The molecule has 3 aromatic rings. The quantitative estimate of drug-likeness (QED) is 0.237. The minimum atomic E-state index is -1.08. The molecular weight excluding hydrogens is 611 g/mol. The molecule has 11 heteroatoms. The number of amides is 3. The maximum Gasteiger partial charge on any atom is 0.481 e. The number of nitrogens with one attached hydrogen (secondary N) is 3. The van der Waals surface area contributed by atoms with Crippen molar-refractivity contribution >= 4 is 36.2 Å². The van der Waals surface area contributed by atoms with Crippen molar-refractivity contribution in [1.29, 1.82) is 0 Å². The fourth-order valence-corrected chi connectivity index (χ4v) is 8.36. The summed E-state index contributed by atoms with van der Waals surface area (Å²) in [5.74, 6) is -0.490. The summed E-state index contributed by atoms with van der Waals surface area (Å²) in [7, 11) is -0.617. The molecule has 47 heavy (non-hydrogen) atoms. The number of benzene rings is 1. The van der Waals surface area contributed by atoms with E-state index in [2.05, 4.69) is 55.6 Å². The summed E-state index contributed by atoms with van der Waals surface area (Å²) in [6.45, 7) is 12.8.